The second-order valence-corrected chi connectivity index (χ2v) is 5.77. The molecule has 0 bridgehead atoms. The lowest BCUT2D eigenvalue weighted by Gasteiger charge is -2.27. The summed E-state index contributed by atoms with van der Waals surface area (Å²) < 4.78 is 0. The average Bonchev–Trinajstić information content (AvgIpc) is 2.86. The Kier molecular flexibility index (Phi) is 6.20. The molecule has 0 atom stereocenters. The van der Waals surface area contributed by atoms with Crippen LogP contribution in [-0.2, 0) is 0 Å². The highest BCUT2D eigenvalue weighted by Gasteiger charge is 2.26. The first-order chi connectivity index (χ1) is 9.41. The molecule has 1 aromatic heterocycles. The van der Waals surface area contributed by atoms with Crippen LogP contribution in [0.2, 0.25) is 0 Å². The number of carbonyl (C=O) groups excluding carboxylic acids is 1. The van der Waals surface area contributed by atoms with Crippen molar-refractivity contribution in [3.63, 3.8) is 0 Å². The summed E-state index contributed by atoms with van der Waals surface area (Å²) >= 11 is 0. The van der Waals surface area contributed by atoms with Crippen LogP contribution < -0.4 is 5.32 Å². The number of hydrogen-bond donors (Lipinski definition) is 3. The molecule has 1 aromatic rings. The lowest BCUT2D eigenvalue weighted by atomic mass is 9.92. The second-order valence-electron chi connectivity index (χ2n) is 5.77. The second kappa shape index (κ2) is 7.43. The van der Waals surface area contributed by atoms with Gasteiger partial charge in [-0.25, -0.2) is 0 Å². The van der Waals surface area contributed by atoms with Crippen molar-refractivity contribution in [2.75, 3.05) is 6.54 Å². The number of H-pyrrole nitrogens is 1. The molecule has 1 heterocycles. The summed E-state index contributed by atoms with van der Waals surface area (Å²) in [5.74, 6) is 0.0694. The van der Waals surface area contributed by atoms with Gasteiger partial charge in [0.05, 0.1) is 5.60 Å². The third-order valence-electron chi connectivity index (χ3n) is 3.46. The fourth-order valence-corrected chi connectivity index (χ4v) is 2.32. The maximum Gasteiger partial charge on any atom is 0.271 e. The summed E-state index contributed by atoms with van der Waals surface area (Å²) in [6.45, 7) is 8.42. The fourth-order valence-electron chi connectivity index (χ4n) is 2.32. The summed E-state index contributed by atoms with van der Waals surface area (Å²) in [5, 5.41) is 20.1. The van der Waals surface area contributed by atoms with E-state index in [1.54, 1.807) is 6.07 Å². The van der Waals surface area contributed by atoms with E-state index in [1.807, 2.05) is 27.7 Å². The zero-order valence-corrected chi connectivity index (χ0v) is 13.0. The quantitative estimate of drug-likeness (QED) is 0.685. The van der Waals surface area contributed by atoms with E-state index in [0.717, 1.165) is 18.5 Å². The van der Waals surface area contributed by atoms with Crippen LogP contribution in [0.5, 0.6) is 0 Å². The van der Waals surface area contributed by atoms with Crippen LogP contribution >= 0.6 is 0 Å². The molecule has 0 saturated heterocycles. The minimum atomic E-state index is -0.809. The van der Waals surface area contributed by atoms with Crippen molar-refractivity contribution in [2.24, 2.45) is 0 Å². The molecule has 0 aromatic carbocycles. The van der Waals surface area contributed by atoms with E-state index in [-0.39, 0.29) is 12.5 Å². The maximum atomic E-state index is 12.0. The van der Waals surface area contributed by atoms with Crippen molar-refractivity contribution >= 4 is 5.91 Å². The Morgan fingerprint density at radius 3 is 2.45 bits per heavy atom. The SMILES string of the molecule is CCCC(O)(CCC)CNC(=O)c1cc(C(C)C)[nH]n1. The predicted molar refractivity (Wildman–Crippen MR) is 79.8 cm³/mol. The van der Waals surface area contributed by atoms with Gasteiger partial charge in [-0.05, 0) is 24.8 Å². The summed E-state index contributed by atoms with van der Waals surface area (Å²) in [7, 11) is 0. The molecule has 0 aliphatic carbocycles. The van der Waals surface area contributed by atoms with Crippen LogP contribution in [0, 0.1) is 0 Å². The number of amides is 1. The van der Waals surface area contributed by atoms with E-state index in [4.69, 9.17) is 0 Å². The van der Waals surface area contributed by atoms with Gasteiger partial charge >= 0.3 is 0 Å². The molecule has 0 aliphatic heterocycles. The van der Waals surface area contributed by atoms with Gasteiger partial charge in [0.2, 0.25) is 0 Å². The standard InChI is InChI=1S/C15H27N3O2/c1-5-7-15(20,8-6-2)10-16-14(19)13-9-12(11(3)4)17-18-13/h9,11,20H,5-8,10H2,1-4H3,(H,16,19)(H,17,18). The molecule has 3 N–H and O–H groups in total. The number of aromatic amines is 1. The Bertz CT molecular complexity index is 421. The van der Waals surface area contributed by atoms with Gasteiger partial charge in [0.1, 0.15) is 5.69 Å². The molecule has 20 heavy (non-hydrogen) atoms. The lowest BCUT2D eigenvalue weighted by Crippen LogP contribution is -2.43. The summed E-state index contributed by atoms with van der Waals surface area (Å²) in [6.07, 6.45) is 3.18. The zero-order chi connectivity index (χ0) is 15.2. The lowest BCUT2D eigenvalue weighted by molar-refractivity contribution is 0.0212. The molecule has 1 amide bonds. The highest BCUT2D eigenvalue weighted by molar-refractivity contribution is 5.92. The number of hydrogen-bond acceptors (Lipinski definition) is 3. The first kappa shape index (κ1) is 16.7. The average molecular weight is 281 g/mol. The van der Waals surface area contributed by atoms with Gasteiger partial charge in [-0.1, -0.05) is 40.5 Å². The molecule has 0 radical (unpaired) electrons. The van der Waals surface area contributed by atoms with Gasteiger partial charge in [0.15, 0.2) is 0 Å². The van der Waals surface area contributed by atoms with Gasteiger partial charge in [-0.2, -0.15) is 5.10 Å². The summed E-state index contributed by atoms with van der Waals surface area (Å²) in [4.78, 5) is 12.0. The van der Waals surface area contributed by atoms with Crippen molar-refractivity contribution < 1.29 is 9.90 Å². The minimum absolute atomic E-state index is 0.237. The van der Waals surface area contributed by atoms with E-state index in [0.29, 0.717) is 24.5 Å². The number of aliphatic hydroxyl groups is 1. The molecule has 5 heteroatoms. The highest BCUT2D eigenvalue weighted by atomic mass is 16.3. The Labute approximate surface area is 121 Å². The van der Waals surface area contributed by atoms with Crippen molar-refractivity contribution in [3.05, 3.63) is 17.5 Å². The largest absolute Gasteiger partial charge is 0.388 e. The van der Waals surface area contributed by atoms with Crippen molar-refractivity contribution in [2.45, 2.75) is 64.9 Å². The maximum absolute atomic E-state index is 12.0. The molecular weight excluding hydrogens is 254 g/mol. The van der Waals surface area contributed by atoms with Crippen LogP contribution in [0.4, 0.5) is 0 Å². The van der Waals surface area contributed by atoms with Crippen molar-refractivity contribution in [3.8, 4) is 0 Å². The molecule has 1 rings (SSSR count). The van der Waals surface area contributed by atoms with Gasteiger partial charge in [-0.15, -0.1) is 0 Å². The Hall–Kier alpha value is -1.36. The molecule has 5 nitrogen and oxygen atoms in total. The normalized spacial score (nSPS) is 11.9. The van der Waals surface area contributed by atoms with Crippen molar-refractivity contribution in [1.29, 1.82) is 0 Å². The van der Waals surface area contributed by atoms with Crippen LogP contribution in [0.1, 0.15) is 75.5 Å². The van der Waals surface area contributed by atoms with Crippen LogP contribution in [0.3, 0.4) is 0 Å². The predicted octanol–water partition coefficient (Wildman–Crippen LogP) is 2.59. The number of nitrogens with one attached hydrogen (secondary N) is 2. The molecular formula is C15H27N3O2. The summed E-state index contributed by atoms with van der Waals surface area (Å²) in [5.41, 5.74) is 0.507. The number of aromatic nitrogens is 2. The first-order valence-corrected chi connectivity index (χ1v) is 7.47. The van der Waals surface area contributed by atoms with Gasteiger partial charge in [0, 0.05) is 12.2 Å². The van der Waals surface area contributed by atoms with E-state index in [1.165, 1.54) is 0 Å². The highest BCUT2D eigenvalue weighted by Crippen LogP contribution is 2.19. The third-order valence-corrected chi connectivity index (χ3v) is 3.46. The summed E-state index contributed by atoms with van der Waals surface area (Å²) in [6, 6.07) is 1.76. The number of rotatable bonds is 8. The van der Waals surface area contributed by atoms with E-state index in [2.05, 4.69) is 15.5 Å². The van der Waals surface area contributed by atoms with Crippen LogP contribution in [0.15, 0.2) is 6.07 Å². The van der Waals surface area contributed by atoms with Gasteiger partial charge in [0.25, 0.3) is 5.91 Å². The third kappa shape index (κ3) is 4.63. The zero-order valence-electron chi connectivity index (χ0n) is 13.0. The molecule has 0 aliphatic rings. The molecule has 0 unspecified atom stereocenters. The Morgan fingerprint density at radius 1 is 1.40 bits per heavy atom. The monoisotopic (exact) mass is 281 g/mol. The van der Waals surface area contributed by atoms with E-state index < -0.39 is 5.60 Å². The van der Waals surface area contributed by atoms with Crippen LogP contribution in [-0.4, -0.2) is 33.4 Å². The Morgan fingerprint density at radius 2 is 2.00 bits per heavy atom. The van der Waals surface area contributed by atoms with Gasteiger partial charge in [-0.3, -0.25) is 9.89 Å². The van der Waals surface area contributed by atoms with Crippen molar-refractivity contribution in [1.82, 2.24) is 15.5 Å². The first-order valence-electron chi connectivity index (χ1n) is 7.47. The van der Waals surface area contributed by atoms with E-state index >= 15 is 0 Å². The topological polar surface area (TPSA) is 78.0 Å². The van der Waals surface area contributed by atoms with Gasteiger partial charge < -0.3 is 10.4 Å². The molecule has 0 fully saturated rings. The van der Waals surface area contributed by atoms with Crippen LogP contribution in [0.25, 0.3) is 0 Å². The molecule has 0 saturated carbocycles. The minimum Gasteiger partial charge on any atom is -0.388 e. The van der Waals surface area contributed by atoms with E-state index in [9.17, 15) is 9.90 Å². The Balaban J connectivity index is 2.60. The smallest absolute Gasteiger partial charge is 0.271 e. The number of carbonyl (C=O) groups is 1. The number of nitrogens with zero attached hydrogens (tertiary/aromatic N) is 1. The fraction of sp³-hybridized carbons (Fsp3) is 0.733. The molecule has 114 valence electrons. The molecule has 0 spiro atoms.